The van der Waals surface area contributed by atoms with Gasteiger partial charge in [-0.3, -0.25) is 19.7 Å². The van der Waals surface area contributed by atoms with Crippen LogP contribution in [0, 0.1) is 17.0 Å². The molecule has 1 unspecified atom stereocenters. The van der Waals surface area contributed by atoms with Crippen molar-refractivity contribution in [1.29, 1.82) is 0 Å². The topological polar surface area (TPSA) is 101 Å². The summed E-state index contributed by atoms with van der Waals surface area (Å²) >= 11 is 7.37. The molecule has 0 aromatic heterocycles. The SMILES string of the molecule is Cc1ccc(Cl)cc1NC(=O)C(C)Sc1cccc(NC(=O)c2ccc([N+](=O)[O-])cc2)c1. The summed E-state index contributed by atoms with van der Waals surface area (Å²) in [6.07, 6.45) is 0. The molecule has 0 saturated carbocycles. The number of nitrogens with one attached hydrogen (secondary N) is 2. The monoisotopic (exact) mass is 469 g/mol. The number of hydrogen-bond acceptors (Lipinski definition) is 5. The van der Waals surface area contributed by atoms with Crippen LogP contribution >= 0.6 is 23.4 Å². The lowest BCUT2D eigenvalue weighted by Crippen LogP contribution is -2.22. The van der Waals surface area contributed by atoms with Gasteiger partial charge in [-0.15, -0.1) is 11.8 Å². The standard InChI is InChI=1S/C23H20ClN3O4S/c1-14-6-9-17(24)12-21(14)26-22(28)15(2)32-20-5-3-4-18(13-20)25-23(29)16-7-10-19(11-8-16)27(30)31/h3-13,15H,1-2H3,(H,25,29)(H,26,28). The number of anilines is 2. The van der Waals surface area contributed by atoms with E-state index in [4.69, 9.17) is 11.6 Å². The van der Waals surface area contributed by atoms with Crippen molar-refractivity contribution in [2.24, 2.45) is 0 Å². The first kappa shape index (κ1) is 23.3. The Morgan fingerprint density at radius 3 is 2.44 bits per heavy atom. The van der Waals surface area contributed by atoms with Crippen molar-refractivity contribution < 1.29 is 14.5 Å². The van der Waals surface area contributed by atoms with E-state index in [0.29, 0.717) is 22.0 Å². The van der Waals surface area contributed by atoms with E-state index >= 15 is 0 Å². The summed E-state index contributed by atoms with van der Waals surface area (Å²) < 4.78 is 0. The van der Waals surface area contributed by atoms with Crippen LogP contribution in [0.4, 0.5) is 17.1 Å². The molecule has 0 aliphatic heterocycles. The third-order valence-corrected chi connectivity index (χ3v) is 5.90. The summed E-state index contributed by atoms with van der Waals surface area (Å²) in [5, 5.41) is 16.6. The summed E-state index contributed by atoms with van der Waals surface area (Å²) in [5.74, 6) is -0.551. The fraction of sp³-hybridized carbons (Fsp3) is 0.130. The van der Waals surface area contributed by atoms with Crippen LogP contribution in [0.3, 0.4) is 0 Å². The first-order chi connectivity index (χ1) is 15.2. The first-order valence-corrected chi connectivity index (χ1v) is 10.9. The van der Waals surface area contributed by atoms with Gasteiger partial charge in [0.25, 0.3) is 11.6 Å². The summed E-state index contributed by atoms with van der Waals surface area (Å²) in [6.45, 7) is 3.68. The van der Waals surface area contributed by atoms with Crippen LogP contribution < -0.4 is 10.6 Å². The van der Waals surface area contributed by atoms with Crippen LogP contribution in [0.5, 0.6) is 0 Å². The number of carbonyl (C=O) groups is 2. The summed E-state index contributed by atoms with van der Waals surface area (Å²) in [4.78, 5) is 36.1. The van der Waals surface area contributed by atoms with Gasteiger partial charge >= 0.3 is 0 Å². The number of nitro groups is 1. The number of amides is 2. The number of rotatable bonds is 7. The van der Waals surface area contributed by atoms with E-state index in [1.54, 1.807) is 37.3 Å². The van der Waals surface area contributed by atoms with Gasteiger partial charge in [-0.05, 0) is 61.9 Å². The molecule has 2 N–H and O–H groups in total. The van der Waals surface area contributed by atoms with Crippen LogP contribution in [-0.2, 0) is 4.79 Å². The smallest absolute Gasteiger partial charge is 0.269 e. The highest BCUT2D eigenvalue weighted by molar-refractivity contribution is 8.00. The molecular formula is C23H20ClN3O4S. The third-order valence-electron chi connectivity index (χ3n) is 4.57. The Hall–Kier alpha value is -3.36. The second-order valence-electron chi connectivity index (χ2n) is 6.99. The predicted octanol–water partition coefficient (Wildman–Crippen LogP) is 5.93. The average Bonchev–Trinajstić information content (AvgIpc) is 2.76. The highest BCUT2D eigenvalue weighted by Crippen LogP contribution is 2.28. The highest BCUT2D eigenvalue weighted by atomic mass is 35.5. The second kappa shape index (κ2) is 10.3. The van der Waals surface area contributed by atoms with Gasteiger partial charge in [0.2, 0.25) is 5.91 Å². The first-order valence-electron chi connectivity index (χ1n) is 9.62. The molecule has 0 radical (unpaired) electrons. The van der Waals surface area contributed by atoms with Crippen molar-refractivity contribution in [2.75, 3.05) is 10.6 Å². The minimum Gasteiger partial charge on any atom is -0.325 e. The zero-order valence-corrected chi connectivity index (χ0v) is 18.9. The summed E-state index contributed by atoms with van der Waals surface area (Å²) in [7, 11) is 0. The Morgan fingerprint density at radius 2 is 1.75 bits per heavy atom. The lowest BCUT2D eigenvalue weighted by Gasteiger charge is -2.14. The molecule has 0 aliphatic rings. The maximum atomic E-state index is 12.6. The number of aryl methyl sites for hydroxylation is 1. The molecular weight excluding hydrogens is 450 g/mol. The minimum absolute atomic E-state index is 0.0832. The largest absolute Gasteiger partial charge is 0.325 e. The van der Waals surface area contributed by atoms with Gasteiger partial charge in [-0.25, -0.2) is 0 Å². The average molecular weight is 470 g/mol. The number of non-ortho nitro benzene ring substituents is 1. The van der Waals surface area contributed by atoms with Crippen molar-refractivity contribution >= 4 is 52.2 Å². The number of carbonyl (C=O) groups excluding carboxylic acids is 2. The van der Waals surface area contributed by atoms with E-state index < -0.39 is 10.2 Å². The Kier molecular flexibility index (Phi) is 7.50. The molecule has 7 nitrogen and oxygen atoms in total. The molecule has 0 fully saturated rings. The number of hydrogen-bond donors (Lipinski definition) is 2. The van der Waals surface area contributed by atoms with Crippen molar-refractivity contribution in [3.05, 3.63) is 93.0 Å². The van der Waals surface area contributed by atoms with Gasteiger partial charge in [0, 0.05) is 39.0 Å². The van der Waals surface area contributed by atoms with Crippen LogP contribution in [0.15, 0.2) is 71.6 Å². The maximum absolute atomic E-state index is 12.6. The number of thioether (sulfide) groups is 1. The molecule has 3 rings (SSSR count). The van der Waals surface area contributed by atoms with Gasteiger partial charge in [-0.1, -0.05) is 23.7 Å². The molecule has 0 spiro atoms. The van der Waals surface area contributed by atoms with Crippen LogP contribution in [0.1, 0.15) is 22.8 Å². The number of nitro benzene ring substituents is 1. The number of halogens is 1. The molecule has 3 aromatic rings. The second-order valence-corrected chi connectivity index (χ2v) is 8.85. The molecule has 1 atom stereocenters. The molecule has 0 saturated heterocycles. The number of nitrogens with zero attached hydrogens (tertiary/aromatic N) is 1. The molecule has 0 aliphatic carbocycles. The Morgan fingerprint density at radius 1 is 1.03 bits per heavy atom. The van der Waals surface area contributed by atoms with E-state index in [1.807, 2.05) is 19.1 Å². The summed E-state index contributed by atoms with van der Waals surface area (Å²) in [6, 6.07) is 17.8. The molecule has 0 heterocycles. The quantitative estimate of drug-likeness (QED) is 0.254. The Balaban J connectivity index is 1.63. The number of benzene rings is 3. The molecule has 164 valence electrons. The van der Waals surface area contributed by atoms with Crippen LogP contribution in [0.2, 0.25) is 5.02 Å². The lowest BCUT2D eigenvalue weighted by molar-refractivity contribution is -0.384. The predicted molar refractivity (Wildman–Crippen MR) is 128 cm³/mol. The van der Waals surface area contributed by atoms with E-state index in [9.17, 15) is 19.7 Å². The zero-order chi connectivity index (χ0) is 23.3. The molecule has 3 aromatic carbocycles. The lowest BCUT2D eigenvalue weighted by atomic mass is 10.2. The van der Waals surface area contributed by atoms with Crippen LogP contribution in [0.25, 0.3) is 0 Å². The Labute approximate surface area is 194 Å². The Bertz CT molecular complexity index is 1170. The normalized spacial score (nSPS) is 11.5. The fourth-order valence-electron chi connectivity index (χ4n) is 2.81. The van der Waals surface area contributed by atoms with E-state index in [1.165, 1.54) is 36.0 Å². The molecule has 0 bridgehead atoms. The maximum Gasteiger partial charge on any atom is 0.269 e. The zero-order valence-electron chi connectivity index (χ0n) is 17.3. The van der Waals surface area contributed by atoms with Crippen molar-refractivity contribution in [1.82, 2.24) is 0 Å². The van der Waals surface area contributed by atoms with Gasteiger partial charge in [0.15, 0.2) is 0 Å². The van der Waals surface area contributed by atoms with Crippen molar-refractivity contribution in [3.8, 4) is 0 Å². The van der Waals surface area contributed by atoms with Crippen LogP contribution in [-0.4, -0.2) is 22.0 Å². The molecule has 32 heavy (non-hydrogen) atoms. The molecule has 2 amide bonds. The van der Waals surface area contributed by atoms with Crippen molar-refractivity contribution in [2.45, 2.75) is 24.0 Å². The highest BCUT2D eigenvalue weighted by Gasteiger charge is 2.16. The fourth-order valence-corrected chi connectivity index (χ4v) is 3.90. The summed E-state index contributed by atoms with van der Waals surface area (Å²) in [5.41, 5.74) is 2.35. The van der Waals surface area contributed by atoms with Gasteiger partial charge in [0.05, 0.1) is 10.2 Å². The third kappa shape index (κ3) is 6.09. The van der Waals surface area contributed by atoms with E-state index in [2.05, 4.69) is 10.6 Å². The van der Waals surface area contributed by atoms with E-state index in [-0.39, 0.29) is 17.5 Å². The molecule has 9 heteroatoms. The van der Waals surface area contributed by atoms with Gasteiger partial charge < -0.3 is 10.6 Å². The van der Waals surface area contributed by atoms with Crippen molar-refractivity contribution in [3.63, 3.8) is 0 Å². The minimum atomic E-state index is -0.520. The van der Waals surface area contributed by atoms with Gasteiger partial charge in [0.1, 0.15) is 0 Å². The van der Waals surface area contributed by atoms with Gasteiger partial charge in [-0.2, -0.15) is 0 Å². The van der Waals surface area contributed by atoms with E-state index in [0.717, 1.165) is 10.5 Å².